The van der Waals surface area contributed by atoms with Crippen LogP contribution < -0.4 is 20.7 Å². The van der Waals surface area contributed by atoms with E-state index in [1.165, 1.54) is 0 Å². The van der Waals surface area contributed by atoms with Crippen molar-refractivity contribution in [3.8, 4) is 5.75 Å². The Morgan fingerprint density at radius 2 is 2.07 bits per heavy atom. The Labute approximate surface area is 168 Å². The molecule has 2 aliphatic heterocycles. The summed E-state index contributed by atoms with van der Waals surface area (Å²) in [5.74, 6) is 1.21. The van der Waals surface area contributed by atoms with Crippen LogP contribution in [0.2, 0.25) is 0 Å². The van der Waals surface area contributed by atoms with E-state index in [2.05, 4.69) is 26.0 Å². The first kappa shape index (κ1) is 20.1. The van der Waals surface area contributed by atoms with E-state index in [-0.39, 0.29) is 24.2 Å². The van der Waals surface area contributed by atoms with E-state index in [9.17, 15) is 9.59 Å². The molecule has 10 heteroatoms. The maximum atomic E-state index is 12.8. The van der Waals surface area contributed by atoms with Crippen LogP contribution >= 0.6 is 12.4 Å². The molecule has 150 valence electrons. The van der Waals surface area contributed by atoms with Crippen molar-refractivity contribution >= 4 is 35.9 Å². The number of piperidine rings is 1. The molecule has 0 aliphatic carbocycles. The van der Waals surface area contributed by atoms with Crippen LogP contribution in [0.4, 0.5) is 11.6 Å². The van der Waals surface area contributed by atoms with Gasteiger partial charge in [-0.3, -0.25) is 14.9 Å². The zero-order chi connectivity index (χ0) is 19.0. The lowest BCUT2D eigenvalue weighted by Crippen LogP contribution is -2.35. The van der Waals surface area contributed by atoms with Crippen LogP contribution in [0, 0.1) is 0 Å². The monoisotopic (exact) mass is 406 g/mol. The Morgan fingerprint density at radius 3 is 2.82 bits per heavy atom. The number of nitrogens with one attached hydrogen (secondary N) is 3. The Bertz CT molecular complexity index is 893. The highest BCUT2D eigenvalue weighted by Gasteiger charge is 2.28. The fraction of sp³-hybridized carbons (Fsp3) is 0.444. The SMILES string of the molecule is CC1Oc2c(cccc2C(=O)Nc2nc(C3CCNCC3)nn2C)NC1=O.Cl. The number of para-hydroxylation sites is 1. The minimum atomic E-state index is -0.659. The molecule has 1 atom stereocenters. The molecule has 0 bridgehead atoms. The molecule has 1 aromatic carbocycles. The Hall–Kier alpha value is -2.65. The fourth-order valence-electron chi connectivity index (χ4n) is 3.34. The normalized spacial score (nSPS) is 19.1. The second-order valence-corrected chi connectivity index (χ2v) is 6.83. The standard InChI is InChI=1S/C18H22N6O3.ClH/c1-10-16(25)20-13-5-3-4-12(14(13)27-10)17(26)22-18-21-15(23-24(18)2)11-6-8-19-9-7-11;/h3-5,10-11,19H,6-9H2,1-2H3,(H,20,25)(H,21,22,23,26);1H. The lowest BCUT2D eigenvalue weighted by molar-refractivity contribution is -0.122. The third-order valence-electron chi connectivity index (χ3n) is 4.89. The van der Waals surface area contributed by atoms with Crippen LogP contribution in [0.25, 0.3) is 0 Å². The van der Waals surface area contributed by atoms with E-state index in [1.807, 2.05) is 0 Å². The van der Waals surface area contributed by atoms with Crippen LogP contribution in [0.15, 0.2) is 18.2 Å². The Balaban J connectivity index is 0.00000225. The lowest BCUT2D eigenvalue weighted by atomic mass is 9.98. The molecule has 0 saturated carbocycles. The summed E-state index contributed by atoms with van der Waals surface area (Å²) in [5, 5.41) is 13.3. The van der Waals surface area contributed by atoms with E-state index in [0.29, 0.717) is 28.9 Å². The molecular formula is C18H23ClN6O3. The second kappa shape index (κ2) is 8.15. The van der Waals surface area contributed by atoms with Crippen molar-refractivity contribution in [1.29, 1.82) is 0 Å². The molecule has 0 spiro atoms. The molecule has 3 heterocycles. The molecule has 2 aromatic rings. The first-order chi connectivity index (χ1) is 13.0. The Morgan fingerprint density at radius 1 is 1.32 bits per heavy atom. The van der Waals surface area contributed by atoms with Crippen molar-refractivity contribution in [2.45, 2.75) is 31.8 Å². The Kier molecular flexibility index (Phi) is 5.85. The van der Waals surface area contributed by atoms with E-state index in [0.717, 1.165) is 31.8 Å². The van der Waals surface area contributed by atoms with Gasteiger partial charge in [0.25, 0.3) is 11.8 Å². The molecule has 1 fully saturated rings. The molecule has 2 aliphatic rings. The molecule has 3 N–H and O–H groups in total. The molecule has 4 rings (SSSR count). The van der Waals surface area contributed by atoms with Gasteiger partial charge >= 0.3 is 0 Å². The summed E-state index contributed by atoms with van der Waals surface area (Å²) >= 11 is 0. The summed E-state index contributed by atoms with van der Waals surface area (Å²) in [5.41, 5.74) is 0.824. The number of hydrogen-bond acceptors (Lipinski definition) is 6. The fourth-order valence-corrected chi connectivity index (χ4v) is 3.34. The van der Waals surface area contributed by atoms with Crippen molar-refractivity contribution in [3.63, 3.8) is 0 Å². The maximum Gasteiger partial charge on any atom is 0.265 e. The van der Waals surface area contributed by atoms with Gasteiger partial charge in [0, 0.05) is 13.0 Å². The number of hydrogen-bond donors (Lipinski definition) is 3. The molecule has 2 amide bonds. The molecule has 1 unspecified atom stereocenters. The summed E-state index contributed by atoms with van der Waals surface area (Å²) < 4.78 is 7.22. The first-order valence-electron chi connectivity index (χ1n) is 9.06. The lowest BCUT2D eigenvalue weighted by Gasteiger charge is -2.24. The van der Waals surface area contributed by atoms with Crippen LogP contribution in [-0.4, -0.2) is 45.8 Å². The highest BCUT2D eigenvalue weighted by Crippen LogP contribution is 2.33. The second-order valence-electron chi connectivity index (χ2n) is 6.83. The van der Waals surface area contributed by atoms with Crippen molar-refractivity contribution < 1.29 is 14.3 Å². The van der Waals surface area contributed by atoms with Gasteiger partial charge in [-0.05, 0) is 45.0 Å². The van der Waals surface area contributed by atoms with Crippen LogP contribution in [0.5, 0.6) is 5.75 Å². The predicted molar refractivity (Wildman–Crippen MR) is 106 cm³/mol. The average Bonchev–Trinajstić information content (AvgIpc) is 3.03. The molecule has 9 nitrogen and oxygen atoms in total. The smallest absolute Gasteiger partial charge is 0.265 e. The summed E-state index contributed by atoms with van der Waals surface area (Å²) in [6, 6.07) is 5.06. The van der Waals surface area contributed by atoms with Crippen LogP contribution in [0.3, 0.4) is 0 Å². The van der Waals surface area contributed by atoms with Crippen LogP contribution in [-0.2, 0) is 11.8 Å². The molecule has 0 radical (unpaired) electrons. The van der Waals surface area contributed by atoms with Crippen molar-refractivity contribution in [1.82, 2.24) is 20.1 Å². The van der Waals surface area contributed by atoms with Gasteiger partial charge in [0.15, 0.2) is 17.7 Å². The minimum absolute atomic E-state index is 0. The summed E-state index contributed by atoms with van der Waals surface area (Å²) in [6.07, 6.45) is 1.30. The van der Waals surface area contributed by atoms with Crippen molar-refractivity contribution in [2.24, 2.45) is 7.05 Å². The largest absolute Gasteiger partial charge is 0.478 e. The number of rotatable bonds is 3. The van der Waals surface area contributed by atoms with Gasteiger partial charge in [-0.15, -0.1) is 12.4 Å². The van der Waals surface area contributed by atoms with Gasteiger partial charge in [-0.1, -0.05) is 6.07 Å². The first-order valence-corrected chi connectivity index (χ1v) is 9.06. The van der Waals surface area contributed by atoms with E-state index >= 15 is 0 Å². The van der Waals surface area contributed by atoms with E-state index in [4.69, 9.17) is 4.74 Å². The zero-order valence-corrected chi connectivity index (χ0v) is 16.5. The predicted octanol–water partition coefficient (Wildman–Crippen LogP) is 1.68. The number of benzene rings is 1. The number of ether oxygens (including phenoxy) is 1. The molecular weight excluding hydrogens is 384 g/mol. The number of carbonyl (C=O) groups is 2. The number of amides is 2. The van der Waals surface area contributed by atoms with Gasteiger partial charge in [-0.25, -0.2) is 4.68 Å². The van der Waals surface area contributed by atoms with E-state index < -0.39 is 6.10 Å². The number of anilines is 2. The van der Waals surface area contributed by atoms with Gasteiger partial charge in [-0.2, -0.15) is 10.1 Å². The van der Waals surface area contributed by atoms with Crippen molar-refractivity contribution in [2.75, 3.05) is 23.7 Å². The third kappa shape index (κ3) is 3.81. The number of aryl methyl sites for hydroxylation is 1. The van der Waals surface area contributed by atoms with Crippen molar-refractivity contribution in [3.05, 3.63) is 29.6 Å². The highest BCUT2D eigenvalue weighted by molar-refractivity contribution is 6.08. The van der Waals surface area contributed by atoms with Gasteiger partial charge in [0.05, 0.1) is 11.3 Å². The molecule has 1 aromatic heterocycles. The third-order valence-corrected chi connectivity index (χ3v) is 4.89. The number of aromatic nitrogens is 3. The topological polar surface area (TPSA) is 110 Å². The summed E-state index contributed by atoms with van der Waals surface area (Å²) in [4.78, 5) is 29.1. The number of carbonyl (C=O) groups excluding carboxylic acids is 2. The minimum Gasteiger partial charge on any atom is -0.478 e. The summed E-state index contributed by atoms with van der Waals surface area (Å²) in [7, 11) is 1.76. The number of halogens is 1. The molecule has 1 saturated heterocycles. The zero-order valence-electron chi connectivity index (χ0n) is 15.7. The van der Waals surface area contributed by atoms with Crippen LogP contribution in [0.1, 0.15) is 41.9 Å². The van der Waals surface area contributed by atoms with Gasteiger partial charge in [0.1, 0.15) is 0 Å². The maximum absolute atomic E-state index is 12.8. The molecule has 28 heavy (non-hydrogen) atoms. The number of nitrogens with zero attached hydrogens (tertiary/aromatic N) is 3. The van der Waals surface area contributed by atoms with Gasteiger partial charge in [0.2, 0.25) is 5.95 Å². The van der Waals surface area contributed by atoms with E-state index in [1.54, 1.807) is 36.9 Å². The average molecular weight is 407 g/mol. The summed E-state index contributed by atoms with van der Waals surface area (Å²) in [6.45, 7) is 3.53. The number of fused-ring (bicyclic) bond motifs is 1. The highest BCUT2D eigenvalue weighted by atomic mass is 35.5. The van der Waals surface area contributed by atoms with Gasteiger partial charge < -0.3 is 15.4 Å². The quantitative estimate of drug-likeness (QED) is 0.715.